The Balaban J connectivity index is 1.66. The molecule has 4 atom stereocenters. The van der Waals surface area contributed by atoms with Gasteiger partial charge >= 0.3 is 0 Å². The highest BCUT2D eigenvalue weighted by Gasteiger charge is 2.52. The number of hydrogen-bond acceptors (Lipinski definition) is 7. The molecule has 0 saturated carbocycles. The Kier molecular flexibility index (Phi) is 9.54. The Hall–Kier alpha value is -2.54. The molecule has 1 aromatic rings. The molecule has 40 heavy (non-hydrogen) atoms. The number of carbonyl (C=O) groups is 2. The minimum Gasteiger partial charge on any atom is -0.491 e. The lowest BCUT2D eigenvalue weighted by Crippen LogP contribution is -2.56. The van der Waals surface area contributed by atoms with Gasteiger partial charge in [0.15, 0.2) is 20.4 Å². The van der Waals surface area contributed by atoms with E-state index >= 15 is 0 Å². The van der Waals surface area contributed by atoms with Crippen LogP contribution in [0.1, 0.15) is 53.5 Å². The smallest absolute Gasteiger partial charge is 0.225 e. The fourth-order valence-electron chi connectivity index (χ4n) is 6.88. The van der Waals surface area contributed by atoms with E-state index in [1.807, 2.05) is 30.3 Å². The number of Topliss-reactive ketones (excluding diaryl/α,β-unsaturated/α-hetero) is 2. The summed E-state index contributed by atoms with van der Waals surface area (Å²) in [5.74, 6) is 4.83. The molecular formula is C32H42O7Si. The maximum Gasteiger partial charge on any atom is 0.225 e. The zero-order chi connectivity index (χ0) is 29.2. The Morgan fingerprint density at radius 2 is 1.60 bits per heavy atom. The summed E-state index contributed by atoms with van der Waals surface area (Å²) < 4.78 is 30.6. The van der Waals surface area contributed by atoms with Gasteiger partial charge in [-0.15, -0.1) is 0 Å². The van der Waals surface area contributed by atoms with Crippen LogP contribution < -0.4 is 0 Å². The van der Waals surface area contributed by atoms with Gasteiger partial charge in [-0.1, -0.05) is 71.6 Å². The highest BCUT2D eigenvalue weighted by Crippen LogP contribution is 2.45. The molecule has 0 aromatic heterocycles. The number of ether oxygens (including phenoxy) is 4. The second kappa shape index (κ2) is 12.5. The van der Waals surface area contributed by atoms with Crippen LogP contribution >= 0.6 is 0 Å². The zero-order valence-corrected chi connectivity index (χ0v) is 25.9. The third kappa shape index (κ3) is 5.50. The van der Waals surface area contributed by atoms with Crippen molar-refractivity contribution in [1.82, 2.24) is 0 Å². The fourth-order valence-corrected chi connectivity index (χ4v) is 12.3. The molecule has 0 radical (unpaired) electrons. The molecule has 0 N–H and O–H groups in total. The summed E-state index contributed by atoms with van der Waals surface area (Å²) in [6.07, 6.45) is -1.07. The second-order valence-corrected chi connectivity index (χ2v) is 17.1. The quantitative estimate of drug-likeness (QED) is 0.238. The summed E-state index contributed by atoms with van der Waals surface area (Å²) in [6, 6.07) is 9.32. The zero-order valence-electron chi connectivity index (χ0n) is 24.9. The standard InChI is InChI=1S/C32H42O7Si/c1-19(2)40(20(3)4,21(5)6)38-18-26-31-24(16-27(35-7)39-26)28-25(17-37-31)29(33)23(32(36-8)30(28)34)15-14-22-12-10-9-11-13-22/h9-13,19-21,24,26-27,31H,16-18H2,1-8H3/t24-,26-,27+,31+/m1/s1. The number of rotatable bonds is 8. The molecule has 1 aromatic carbocycles. The van der Waals surface area contributed by atoms with Crippen molar-refractivity contribution < 1.29 is 33.0 Å². The van der Waals surface area contributed by atoms with Crippen LogP contribution in [0.5, 0.6) is 0 Å². The number of ketones is 2. The summed E-state index contributed by atoms with van der Waals surface area (Å²) in [6.45, 7) is 13.8. The van der Waals surface area contributed by atoms with Crippen LogP contribution in [0.2, 0.25) is 16.6 Å². The van der Waals surface area contributed by atoms with E-state index in [1.165, 1.54) is 7.11 Å². The first-order valence-corrected chi connectivity index (χ1v) is 16.3. The van der Waals surface area contributed by atoms with E-state index in [2.05, 4.69) is 53.4 Å². The molecule has 0 spiro atoms. The first-order valence-electron chi connectivity index (χ1n) is 14.2. The van der Waals surface area contributed by atoms with E-state index in [4.69, 9.17) is 23.4 Å². The first kappa shape index (κ1) is 30.4. The van der Waals surface area contributed by atoms with Gasteiger partial charge in [-0.25, -0.2) is 0 Å². The average Bonchev–Trinajstić information content (AvgIpc) is 2.93. The van der Waals surface area contributed by atoms with E-state index in [0.717, 1.165) is 5.56 Å². The van der Waals surface area contributed by atoms with Gasteiger partial charge in [0, 0.05) is 36.2 Å². The summed E-state index contributed by atoms with van der Waals surface area (Å²) in [4.78, 5) is 27.6. The number of fused-ring (bicyclic) bond motifs is 2. The molecule has 1 fully saturated rings. The van der Waals surface area contributed by atoms with Crippen LogP contribution in [0, 0.1) is 17.8 Å². The monoisotopic (exact) mass is 566 g/mol. The normalized spacial score (nSPS) is 25.3. The minimum atomic E-state index is -2.17. The predicted octanol–water partition coefficient (Wildman–Crippen LogP) is 5.36. The lowest BCUT2D eigenvalue weighted by molar-refractivity contribution is -0.242. The molecule has 8 heteroatoms. The number of hydrogen-bond donors (Lipinski definition) is 0. The van der Waals surface area contributed by atoms with Gasteiger partial charge in [-0.3, -0.25) is 9.59 Å². The van der Waals surface area contributed by atoms with Crippen molar-refractivity contribution in [1.29, 1.82) is 0 Å². The molecule has 1 saturated heterocycles. The average molecular weight is 567 g/mol. The largest absolute Gasteiger partial charge is 0.491 e. The van der Waals surface area contributed by atoms with Gasteiger partial charge in [0.25, 0.3) is 0 Å². The molecule has 0 unspecified atom stereocenters. The van der Waals surface area contributed by atoms with Crippen molar-refractivity contribution >= 4 is 19.9 Å². The van der Waals surface area contributed by atoms with E-state index in [0.29, 0.717) is 40.8 Å². The van der Waals surface area contributed by atoms with Gasteiger partial charge < -0.3 is 23.4 Å². The maximum absolute atomic E-state index is 13.9. The Morgan fingerprint density at radius 1 is 0.950 bits per heavy atom. The molecule has 1 aliphatic carbocycles. The molecular weight excluding hydrogens is 524 g/mol. The van der Waals surface area contributed by atoms with E-state index in [-0.39, 0.29) is 29.5 Å². The lowest BCUT2D eigenvalue weighted by Gasteiger charge is -2.48. The number of carbonyl (C=O) groups excluding carboxylic acids is 2. The molecule has 216 valence electrons. The van der Waals surface area contributed by atoms with Crippen LogP contribution in [-0.2, 0) is 33.0 Å². The van der Waals surface area contributed by atoms with Crippen LogP contribution in [0.25, 0.3) is 0 Å². The highest BCUT2D eigenvalue weighted by molar-refractivity contribution is 6.77. The van der Waals surface area contributed by atoms with Crippen LogP contribution in [0.3, 0.4) is 0 Å². The minimum absolute atomic E-state index is 0.00715. The molecule has 4 rings (SSSR count). The number of methoxy groups -OCH3 is 2. The third-order valence-electron chi connectivity index (χ3n) is 8.61. The molecule has 2 aliphatic heterocycles. The Bertz CT molecular complexity index is 1210. The molecule has 0 amide bonds. The highest BCUT2D eigenvalue weighted by atomic mass is 28.4. The first-order chi connectivity index (χ1) is 19.1. The number of allylic oxidation sites excluding steroid dienone is 2. The van der Waals surface area contributed by atoms with E-state index < -0.39 is 32.7 Å². The maximum atomic E-state index is 13.9. The summed E-state index contributed by atoms with van der Waals surface area (Å²) in [7, 11) is 0.814. The van der Waals surface area contributed by atoms with Gasteiger partial charge in [0.05, 0.1) is 26.4 Å². The SMILES string of the molecule is COC1=C(C#Cc2ccccc2)C(=O)C2=C(C1=O)[C@H]1C[C@@H](OC)O[C@H](CO[Si](C(C)C)(C(C)C)C(C)C)[C@H]1OC2. The Morgan fingerprint density at radius 3 is 2.17 bits per heavy atom. The summed E-state index contributed by atoms with van der Waals surface area (Å²) >= 11 is 0. The summed E-state index contributed by atoms with van der Waals surface area (Å²) in [5, 5.41) is 0. The fraction of sp³-hybridized carbons (Fsp3) is 0.562. The van der Waals surface area contributed by atoms with Crippen molar-refractivity contribution in [2.75, 3.05) is 27.4 Å². The Labute approximate surface area is 239 Å². The van der Waals surface area contributed by atoms with Crippen molar-refractivity contribution in [2.24, 2.45) is 5.92 Å². The lowest BCUT2D eigenvalue weighted by atomic mass is 9.74. The van der Waals surface area contributed by atoms with Crippen molar-refractivity contribution in [3.05, 3.63) is 58.4 Å². The van der Waals surface area contributed by atoms with E-state index in [9.17, 15) is 9.59 Å². The van der Waals surface area contributed by atoms with E-state index in [1.54, 1.807) is 7.11 Å². The van der Waals surface area contributed by atoms with Gasteiger partial charge in [0.1, 0.15) is 11.7 Å². The van der Waals surface area contributed by atoms with Gasteiger partial charge in [0.2, 0.25) is 11.6 Å². The van der Waals surface area contributed by atoms with Crippen LogP contribution in [0.4, 0.5) is 0 Å². The molecule has 2 heterocycles. The summed E-state index contributed by atoms with van der Waals surface area (Å²) in [5.41, 5.74) is 2.81. The van der Waals surface area contributed by atoms with Gasteiger partial charge in [-0.05, 0) is 28.8 Å². The molecule has 3 aliphatic rings. The third-order valence-corrected chi connectivity index (χ3v) is 14.7. The van der Waals surface area contributed by atoms with Crippen molar-refractivity contribution in [3.8, 4) is 11.8 Å². The van der Waals surface area contributed by atoms with Crippen LogP contribution in [-0.4, -0.2) is 65.8 Å². The van der Waals surface area contributed by atoms with Crippen molar-refractivity contribution in [3.63, 3.8) is 0 Å². The number of benzene rings is 1. The second-order valence-electron chi connectivity index (χ2n) is 11.7. The van der Waals surface area contributed by atoms with Gasteiger partial charge in [-0.2, -0.15) is 0 Å². The molecule has 7 nitrogen and oxygen atoms in total. The van der Waals surface area contributed by atoms with Crippen LogP contribution in [0.15, 0.2) is 52.8 Å². The topological polar surface area (TPSA) is 80.3 Å². The molecule has 0 bridgehead atoms. The van der Waals surface area contributed by atoms with Crippen molar-refractivity contribution in [2.45, 2.75) is 83.1 Å². The predicted molar refractivity (Wildman–Crippen MR) is 155 cm³/mol.